The molecule has 1 aromatic carbocycles. The van der Waals surface area contributed by atoms with Gasteiger partial charge in [-0.1, -0.05) is 31.2 Å². The van der Waals surface area contributed by atoms with E-state index in [2.05, 4.69) is 74.5 Å². The molecule has 0 radical (unpaired) electrons. The number of nitrogens with one attached hydrogen (secondary N) is 1. The zero-order valence-corrected chi connectivity index (χ0v) is 19.1. The van der Waals surface area contributed by atoms with Gasteiger partial charge in [0.2, 0.25) is 0 Å². The molecule has 0 aliphatic heterocycles. The minimum Gasteiger partial charge on any atom is -0.382 e. The second kappa shape index (κ2) is 9.65. The van der Waals surface area contributed by atoms with Crippen LogP contribution >= 0.6 is 0 Å². The van der Waals surface area contributed by atoms with Crippen molar-refractivity contribution in [2.45, 2.75) is 92.2 Å². The van der Waals surface area contributed by atoms with Crippen LogP contribution in [0.2, 0.25) is 0 Å². The number of benzene rings is 1. The average molecular weight is 394 g/mol. The lowest BCUT2D eigenvalue weighted by Crippen LogP contribution is -2.31. The van der Waals surface area contributed by atoms with Gasteiger partial charge in [0, 0.05) is 29.5 Å². The van der Waals surface area contributed by atoms with E-state index in [0.29, 0.717) is 6.04 Å². The molecule has 1 aromatic heterocycles. The highest BCUT2D eigenvalue weighted by atomic mass is 15.3. The van der Waals surface area contributed by atoms with E-state index in [1.54, 1.807) is 0 Å². The van der Waals surface area contributed by atoms with E-state index in [0.717, 1.165) is 18.2 Å². The van der Waals surface area contributed by atoms with Crippen molar-refractivity contribution in [1.29, 1.82) is 0 Å². The summed E-state index contributed by atoms with van der Waals surface area (Å²) in [5.74, 6) is 0.900. The molecule has 1 saturated carbocycles. The number of rotatable bonds is 4. The fourth-order valence-electron chi connectivity index (χ4n) is 4.70. The zero-order chi connectivity index (χ0) is 21.0. The third-order valence-electron chi connectivity index (χ3n) is 6.67. The molecular formula is C26H39N3. The predicted molar refractivity (Wildman–Crippen MR) is 124 cm³/mol. The largest absolute Gasteiger partial charge is 0.382 e. The summed E-state index contributed by atoms with van der Waals surface area (Å²) in [5, 5.41) is 8.15. The normalized spacial score (nSPS) is 20.6. The Bertz CT molecular complexity index is 837. The van der Waals surface area contributed by atoms with Crippen LogP contribution in [0.15, 0.2) is 24.8 Å². The highest BCUT2D eigenvalue weighted by Gasteiger charge is 2.19. The maximum absolute atomic E-state index is 4.53. The average Bonchev–Trinajstić information content (AvgIpc) is 3.28. The Morgan fingerprint density at radius 3 is 2.52 bits per heavy atom. The summed E-state index contributed by atoms with van der Waals surface area (Å²) in [7, 11) is 0. The van der Waals surface area contributed by atoms with E-state index < -0.39 is 0 Å². The van der Waals surface area contributed by atoms with Crippen LogP contribution in [0.25, 0.3) is 5.70 Å². The quantitative estimate of drug-likeness (QED) is 0.676. The minimum absolute atomic E-state index is 0.619. The molecule has 0 unspecified atom stereocenters. The SMILES string of the molecule is C=C(NC1CCC(C)CC1)c1cc(C)ccc1C.CCn1nc2c(c1C)CCC2. The highest BCUT2D eigenvalue weighted by Crippen LogP contribution is 2.26. The van der Waals surface area contributed by atoms with Crippen molar-refractivity contribution in [3.63, 3.8) is 0 Å². The summed E-state index contributed by atoms with van der Waals surface area (Å²) in [6.45, 7) is 16.2. The summed E-state index contributed by atoms with van der Waals surface area (Å²) in [4.78, 5) is 0. The van der Waals surface area contributed by atoms with Crippen molar-refractivity contribution in [3.8, 4) is 0 Å². The van der Waals surface area contributed by atoms with Gasteiger partial charge in [-0.25, -0.2) is 0 Å². The van der Waals surface area contributed by atoms with Crippen LogP contribution in [0.1, 0.15) is 79.6 Å². The van der Waals surface area contributed by atoms with Gasteiger partial charge in [0.25, 0.3) is 0 Å². The fraction of sp³-hybridized carbons (Fsp3) is 0.577. The van der Waals surface area contributed by atoms with Gasteiger partial charge in [-0.3, -0.25) is 4.68 Å². The second-order valence-corrected chi connectivity index (χ2v) is 9.08. The predicted octanol–water partition coefficient (Wildman–Crippen LogP) is 6.14. The van der Waals surface area contributed by atoms with Gasteiger partial charge in [-0.05, 0) is 95.8 Å². The van der Waals surface area contributed by atoms with Crippen LogP contribution in [-0.4, -0.2) is 15.8 Å². The molecular weight excluding hydrogens is 354 g/mol. The molecule has 0 amide bonds. The Morgan fingerprint density at radius 2 is 1.86 bits per heavy atom. The van der Waals surface area contributed by atoms with Crippen LogP contribution in [-0.2, 0) is 19.4 Å². The van der Waals surface area contributed by atoms with Crippen molar-refractivity contribution >= 4 is 5.70 Å². The van der Waals surface area contributed by atoms with Gasteiger partial charge in [-0.15, -0.1) is 0 Å². The minimum atomic E-state index is 0.619. The van der Waals surface area contributed by atoms with Gasteiger partial charge in [-0.2, -0.15) is 5.10 Å². The van der Waals surface area contributed by atoms with Gasteiger partial charge in [0.15, 0.2) is 0 Å². The number of hydrogen-bond acceptors (Lipinski definition) is 2. The standard InChI is InChI=1S/C17H25N.C9H14N2/c1-12-6-9-16(10-7-12)18-15(4)17-11-13(2)5-8-14(17)3;1-3-11-7(2)8-5-4-6-9(8)10-11/h5,8,11-12,16,18H,4,6-7,9-10H2,1-3H3;3-6H2,1-2H3. The first-order valence-corrected chi connectivity index (χ1v) is 11.5. The Labute approximate surface area is 177 Å². The van der Waals surface area contributed by atoms with E-state index >= 15 is 0 Å². The van der Waals surface area contributed by atoms with Crippen LogP contribution < -0.4 is 5.32 Å². The van der Waals surface area contributed by atoms with E-state index in [-0.39, 0.29) is 0 Å². The molecule has 0 spiro atoms. The molecule has 4 rings (SSSR count). The summed E-state index contributed by atoms with van der Waals surface area (Å²) in [5.41, 5.74) is 9.23. The number of aryl methyl sites for hydroxylation is 4. The monoisotopic (exact) mass is 393 g/mol. The van der Waals surface area contributed by atoms with Crippen LogP contribution in [0.4, 0.5) is 0 Å². The maximum Gasteiger partial charge on any atom is 0.0659 e. The summed E-state index contributed by atoms with van der Waals surface area (Å²) in [6.07, 6.45) is 9.01. The van der Waals surface area contributed by atoms with Crippen molar-refractivity contribution in [3.05, 3.63) is 58.4 Å². The molecule has 29 heavy (non-hydrogen) atoms. The molecule has 3 nitrogen and oxygen atoms in total. The van der Waals surface area contributed by atoms with Gasteiger partial charge in [0.1, 0.15) is 0 Å². The molecule has 2 aliphatic carbocycles. The third-order valence-corrected chi connectivity index (χ3v) is 6.67. The zero-order valence-electron chi connectivity index (χ0n) is 19.1. The third kappa shape index (κ3) is 5.32. The van der Waals surface area contributed by atoms with E-state index in [1.807, 2.05) is 0 Å². The highest BCUT2D eigenvalue weighted by molar-refractivity contribution is 5.65. The van der Waals surface area contributed by atoms with Crippen molar-refractivity contribution in [1.82, 2.24) is 15.1 Å². The van der Waals surface area contributed by atoms with E-state index in [1.165, 1.54) is 78.6 Å². The summed E-state index contributed by atoms with van der Waals surface area (Å²) in [6, 6.07) is 7.19. The topological polar surface area (TPSA) is 29.9 Å². The summed E-state index contributed by atoms with van der Waals surface area (Å²) >= 11 is 0. The van der Waals surface area contributed by atoms with Crippen LogP contribution in [0, 0.1) is 26.7 Å². The van der Waals surface area contributed by atoms with Crippen molar-refractivity contribution in [2.75, 3.05) is 0 Å². The second-order valence-electron chi connectivity index (χ2n) is 9.08. The molecule has 1 heterocycles. The lowest BCUT2D eigenvalue weighted by molar-refractivity contribution is 0.328. The number of nitrogens with zero attached hydrogens (tertiary/aromatic N) is 2. The van der Waals surface area contributed by atoms with Gasteiger partial charge >= 0.3 is 0 Å². The van der Waals surface area contributed by atoms with Crippen molar-refractivity contribution in [2.24, 2.45) is 5.92 Å². The maximum atomic E-state index is 4.53. The Balaban J connectivity index is 0.000000186. The molecule has 2 aliphatic rings. The number of fused-ring (bicyclic) bond motifs is 1. The Morgan fingerprint density at radius 1 is 1.14 bits per heavy atom. The molecule has 0 atom stereocenters. The van der Waals surface area contributed by atoms with Crippen LogP contribution in [0.5, 0.6) is 0 Å². The van der Waals surface area contributed by atoms with Crippen LogP contribution in [0.3, 0.4) is 0 Å². The summed E-state index contributed by atoms with van der Waals surface area (Å²) < 4.78 is 2.11. The molecule has 3 heteroatoms. The number of hydrogen-bond donors (Lipinski definition) is 1. The lowest BCUT2D eigenvalue weighted by Gasteiger charge is -2.29. The molecule has 1 fully saturated rings. The first-order valence-electron chi connectivity index (χ1n) is 11.5. The fourth-order valence-corrected chi connectivity index (χ4v) is 4.70. The van der Waals surface area contributed by atoms with Crippen molar-refractivity contribution < 1.29 is 0 Å². The Hall–Kier alpha value is -2.03. The Kier molecular flexibility index (Phi) is 7.21. The molecule has 1 N–H and O–H groups in total. The van der Waals surface area contributed by atoms with E-state index in [4.69, 9.17) is 0 Å². The van der Waals surface area contributed by atoms with Gasteiger partial charge < -0.3 is 5.32 Å². The molecule has 0 bridgehead atoms. The number of aromatic nitrogens is 2. The van der Waals surface area contributed by atoms with E-state index in [9.17, 15) is 0 Å². The molecule has 0 saturated heterocycles. The lowest BCUT2D eigenvalue weighted by atomic mass is 9.87. The molecule has 2 aromatic rings. The molecule has 158 valence electrons. The van der Waals surface area contributed by atoms with Gasteiger partial charge in [0.05, 0.1) is 5.69 Å². The first kappa shape index (κ1) is 21.7. The smallest absolute Gasteiger partial charge is 0.0659 e. The first-order chi connectivity index (χ1) is 13.9.